The zero-order chi connectivity index (χ0) is 33.8. The number of hydrogen-bond acceptors (Lipinski definition) is 3. The van der Waals surface area contributed by atoms with Crippen molar-refractivity contribution in [2.24, 2.45) is 17.8 Å². The summed E-state index contributed by atoms with van der Waals surface area (Å²) in [5, 5.41) is 10.8. The first-order chi connectivity index (χ1) is 21.9. The average Bonchev–Trinajstić information content (AvgIpc) is 3.31. The largest absolute Gasteiger partial charge is 0.512 e. The standard InChI is InChI=1S/C32H34N.C11H20O2.Ir/c1-7-32(8-2)28-12-10-9-11-25(28)27-18-26-23(13-20(3)4)17-30(33-31(26)19-29(27)32)24-15-21(5)14-22(6)16-24;1-5-8(3)10(12)7-11(13)9(4)6-2;/h9-12,14-15,17-20H,7-8,13H2,1-6H3;7-9,12H,5-6H2,1-4H3;/q-1;;/b;10-7-;. The van der Waals surface area contributed by atoms with Gasteiger partial charge in [-0.3, -0.25) is 9.78 Å². The average molecular weight is 809 g/mol. The second-order valence-electron chi connectivity index (χ2n) is 13.9. The molecule has 1 radical (unpaired) electrons. The zero-order valence-electron chi connectivity index (χ0n) is 30.2. The molecule has 0 saturated carbocycles. The van der Waals surface area contributed by atoms with E-state index in [0.29, 0.717) is 5.92 Å². The minimum absolute atomic E-state index is 0. The summed E-state index contributed by atoms with van der Waals surface area (Å²) < 4.78 is 0. The van der Waals surface area contributed by atoms with Crippen LogP contribution < -0.4 is 0 Å². The summed E-state index contributed by atoms with van der Waals surface area (Å²) in [5.74, 6) is 0.935. The molecule has 3 nitrogen and oxygen atoms in total. The molecular formula is C43H54IrNO2-. The van der Waals surface area contributed by atoms with Gasteiger partial charge in [-0.05, 0) is 83.7 Å². The van der Waals surface area contributed by atoms with Gasteiger partial charge in [-0.1, -0.05) is 99.6 Å². The number of hydrogen-bond donors (Lipinski definition) is 1. The van der Waals surface area contributed by atoms with Crippen LogP contribution in [0.1, 0.15) is 109 Å². The monoisotopic (exact) mass is 809 g/mol. The molecule has 47 heavy (non-hydrogen) atoms. The summed E-state index contributed by atoms with van der Waals surface area (Å²) in [7, 11) is 0. The number of aliphatic hydroxyl groups excluding tert-OH is 1. The van der Waals surface area contributed by atoms with Crippen LogP contribution in [0.2, 0.25) is 0 Å². The van der Waals surface area contributed by atoms with Gasteiger partial charge >= 0.3 is 0 Å². The zero-order valence-corrected chi connectivity index (χ0v) is 32.6. The number of carbonyl (C=O) groups excluding carboxylic acids is 1. The maximum Gasteiger partial charge on any atom is 0.161 e. The van der Waals surface area contributed by atoms with E-state index < -0.39 is 0 Å². The molecule has 2 unspecified atom stereocenters. The first-order valence-electron chi connectivity index (χ1n) is 17.4. The number of aromatic nitrogens is 1. The smallest absolute Gasteiger partial charge is 0.161 e. The third-order valence-electron chi connectivity index (χ3n) is 10.0. The predicted molar refractivity (Wildman–Crippen MR) is 195 cm³/mol. The Bertz CT molecular complexity index is 1710. The molecule has 0 fully saturated rings. The van der Waals surface area contributed by atoms with Gasteiger partial charge < -0.3 is 5.11 Å². The van der Waals surface area contributed by atoms with Crippen LogP contribution in [0.3, 0.4) is 0 Å². The second kappa shape index (κ2) is 16.4. The number of ketones is 1. The molecule has 1 aromatic heterocycles. The summed E-state index contributed by atoms with van der Waals surface area (Å²) >= 11 is 0. The van der Waals surface area contributed by atoms with Crippen LogP contribution in [0, 0.1) is 37.7 Å². The fourth-order valence-corrected chi connectivity index (χ4v) is 6.87. The van der Waals surface area contributed by atoms with Crippen molar-refractivity contribution in [1.82, 2.24) is 4.98 Å². The number of fused-ring (bicyclic) bond motifs is 4. The van der Waals surface area contributed by atoms with E-state index in [1.807, 2.05) is 27.7 Å². The molecule has 253 valence electrons. The Morgan fingerprint density at radius 1 is 0.872 bits per heavy atom. The van der Waals surface area contributed by atoms with E-state index in [4.69, 9.17) is 4.98 Å². The Labute approximate surface area is 297 Å². The van der Waals surface area contributed by atoms with Crippen LogP contribution in [0.4, 0.5) is 0 Å². The van der Waals surface area contributed by atoms with Gasteiger partial charge in [0.15, 0.2) is 5.78 Å². The van der Waals surface area contributed by atoms with E-state index in [-0.39, 0.29) is 48.9 Å². The molecule has 1 heterocycles. The SMILES string of the molecule is CCC(C)C(=O)/C=C(\O)C(C)CC.CCC1(CC)c2ccccc2-c2cc3c(CC(C)C)cc(-c4[c-]c(C)cc(C)c4)nc3cc21.[Ir]. The van der Waals surface area contributed by atoms with E-state index in [2.05, 4.69) is 102 Å². The van der Waals surface area contributed by atoms with Gasteiger partial charge in [0, 0.05) is 48.8 Å². The number of rotatable bonds is 10. The molecule has 1 aliphatic rings. The van der Waals surface area contributed by atoms with E-state index in [1.165, 1.54) is 44.8 Å². The van der Waals surface area contributed by atoms with Gasteiger partial charge in [0.1, 0.15) is 0 Å². The van der Waals surface area contributed by atoms with E-state index in [9.17, 15) is 9.90 Å². The van der Waals surface area contributed by atoms with E-state index >= 15 is 0 Å². The van der Waals surface area contributed by atoms with Gasteiger partial charge in [0.2, 0.25) is 0 Å². The number of aliphatic hydroxyl groups is 1. The Kier molecular flexibility index (Phi) is 13.4. The summed E-state index contributed by atoms with van der Waals surface area (Å²) in [6, 6.07) is 24.1. The minimum atomic E-state index is 0. The Morgan fingerprint density at radius 3 is 2.13 bits per heavy atom. The minimum Gasteiger partial charge on any atom is -0.512 e. The van der Waals surface area contributed by atoms with E-state index in [1.54, 1.807) is 0 Å². The molecular weight excluding hydrogens is 755 g/mol. The fourth-order valence-electron chi connectivity index (χ4n) is 6.87. The summed E-state index contributed by atoms with van der Waals surface area (Å²) in [5.41, 5.74) is 12.9. The molecule has 0 saturated heterocycles. The van der Waals surface area contributed by atoms with Crippen molar-refractivity contribution in [3.63, 3.8) is 0 Å². The van der Waals surface area contributed by atoms with Crippen LogP contribution in [0.5, 0.6) is 0 Å². The van der Waals surface area contributed by atoms with Crippen molar-refractivity contribution in [3.05, 3.63) is 100 Å². The van der Waals surface area contributed by atoms with Crippen molar-refractivity contribution in [2.45, 2.75) is 107 Å². The molecule has 1 aliphatic carbocycles. The number of benzene rings is 3. The first-order valence-corrected chi connectivity index (χ1v) is 17.4. The molecule has 0 aliphatic heterocycles. The fraction of sp³-hybridized carbons (Fsp3) is 0.442. The Balaban J connectivity index is 0.000000367. The molecule has 0 spiro atoms. The van der Waals surface area contributed by atoms with Gasteiger partial charge in [-0.25, -0.2) is 0 Å². The molecule has 5 rings (SSSR count). The summed E-state index contributed by atoms with van der Waals surface area (Å²) in [4.78, 5) is 16.6. The van der Waals surface area contributed by atoms with Crippen LogP contribution in [0.15, 0.2) is 66.4 Å². The van der Waals surface area contributed by atoms with Crippen LogP contribution >= 0.6 is 0 Å². The van der Waals surface area contributed by atoms with Crippen LogP contribution in [-0.2, 0) is 36.7 Å². The first kappa shape index (κ1) is 38.4. The number of pyridine rings is 1. The Hall–Kier alpha value is -3.07. The third kappa shape index (κ3) is 8.15. The molecule has 2 atom stereocenters. The molecule has 3 aromatic carbocycles. The van der Waals surface area contributed by atoms with Gasteiger partial charge in [-0.2, -0.15) is 0 Å². The summed E-state index contributed by atoms with van der Waals surface area (Å²) in [6.45, 7) is 21.3. The number of nitrogens with zero attached hydrogens (tertiary/aromatic N) is 1. The predicted octanol–water partition coefficient (Wildman–Crippen LogP) is 11.7. The molecule has 0 bridgehead atoms. The quantitative estimate of drug-likeness (QED) is 0.0986. The van der Waals surface area contributed by atoms with E-state index in [0.717, 1.165) is 54.4 Å². The van der Waals surface area contributed by atoms with Crippen molar-refractivity contribution in [3.8, 4) is 22.4 Å². The topological polar surface area (TPSA) is 50.2 Å². The number of carbonyl (C=O) groups is 1. The van der Waals surface area contributed by atoms with Gasteiger partial charge in [0.25, 0.3) is 0 Å². The maximum absolute atomic E-state index is 11.4. The number of allylic oxidation sites excluding steroid dienone is 2. The molecule has 4 aromatic rings. The van der Waals surface area contributed by atoms with Gasteiger partial charge in [0.05, 0.1) is 11.3 Å². The third-order valence-corrected chi connectivity index (χ3v) is 10.0. The normalized spacial score (nSPS) is 14.5. The van der Waals surface area contributed by atoms with Gasteiger partial charge in [-0.15, -0.1) is 34.9 Å². The molecule has 0 amide bonds. The van der Waals surface area contributed by atoms with Crippen LogP contribution in [-0.4, -0.2) is 15.9 Å². The Morgan fingerprint density at radius 2 is 1.53 bits per heavy atom. The molecule has 1 N–H and O–H groups in total. The van der Waals surface area contributed by atoms with Crippen molar-refractivity contribution in [2.75, 3.05) is 0 Å². The maximum atomic E-state index is 11.4. The van der Waals surface area contributed by atoms with Crippen molar-refractivity contribution >= 4 is 16.7 Å². The second-order valence-corrected chi connectivity index (χ2v) is 13.9. The molecule has 4 heteroatoms. The van der Waals surface area contributed by atoms with Crippen molar-refractivity contribution in [1.29, 1.82) is 0 Å². The summed E-state index contributed by atoms with van der Waals surface area (Å²) in [6.07, 6.45) is 6.30. The van der Waals surface area contributed by atoms with Crippen molar-refractivity contribution < 1.29 is 30.0 Å². The number of aryl methyl sites for hydroxylation is 2. The van der Waals surface area contributed by atoms with Crippen LogP contribution in [0.25, 0.3) is 33.3 Å².